The van der Waals surface area contributed by atoms with Crippen molar-refractivity contribution in [3.8, 4) is 0 Å². The first kappa shape index (κ1) is 19.4. The van der Waals surface area contributed by atoms with Gasteiger partial charge in [0.15, 0.2) is 0 Å². The number of halogens is 1. The van der Waals surface area contributed by atoms with E-state index in [1.165, 1.54) is 30.0 Å². The molecule has 0 atom stereocenters. The lowest BCUT2D eigenvalue weighted by Gasteiger charge is -2.09. The van der Waals surface area contributed by atoms with Crippen molar-refractivity contribution in [3.05, 3.63) is 69.5 Å². The molecule has 0 aliphatic carbocycles. The average Bonchev–Trinajstić information content (AvgIpc) is 2.56. The zero-order chi connectivity index (χ0) is 18.4. The molecule has 0 unspecified atom stereocenters. The fourth-order valence-electron chi connectivity index (χ4n) is 2.12. The Labute approximate surface area is 149 Å². The summed E-state index contributed by atoms with van der Waals surface area (Å²) in [6.07, 6.45) is 0. The van der Waals surface area contributed by atoms with Crippen LogP contribution in [0.2, 0.25) is 0 Å². The van der Waals surface area contributed by atoms with E-state index in [-0.39, 0.29) is 22.9 Å². The van der Waals surface area contributed by atoms with Crippen LogP contribution in [-0.4, -0.2) is 25.6 Å². The second-order valence-corrected chi connectivity index (χ2v) is 8.09. The van der Waals surface area contributed by atoms with Crippen molar-refractivity contribution in [2.75, 3.05) is 12.3 Å². The molecule has 134 valence electrons. The summed E-state index contributed by atoms with van der Waals surface area (Å²) in [5.74, 6) is 0.592. The Kier molecular flexibility index (Phi) is 6.51. The first-order chi connectivity index (χ1) is 11.8. The van der Waals surface area contributed by atoms with Crippen LogP contribution in [0.1, 0.15) is 11.1 Å². The van der Waals surface area contributed by atoms with Crippen LogP contribution in [0.3, 0.4) is 0 Å². The summed E-state index contributed by atoms with van der Waals surface area (Å²) in [6.45, 7) is 1.72. The SMILES string of the molecule is Cc1ccc([N+](=O)[O-])cc1S(=O)(=O)NCCSCc1ccccc1F. The Morgan fingerprint density at radius 3 is 2.64 bits per heavy atom. The Balaban J connectivity index is 1.93. The van der Waals surface area contributed by atoms with Crippen molar-refractivity contribution >= 4 is 27.5 Å². The van der Waals surface area contributed by atoms with Crippen LogP contribution in [0.5, 0.6) is 0 Å². The minimum absolute atomic E-state index is 0.110. The number of nitrogens with zero attached hydrogens (tertiary/aromatic N) is 1. The highest BCUT2D eigenvalue weighted by atomic mass is 32.2. The quantitative estimate of drug-likeness (QED) is 0.429. The van der Waals surface area contributed by atoms with E-state index >= 15 is 0 Å². The van der Waals surface area contributed by atoms with E-state index in [1.807, 2.05) is 0 Å². The first-order valence-corrected chi connectivity index (χ1v) is 10.0. The lowest BCUT2D eigenvalue weighted by Crippen LogP contribution is -2.26. The summed E-state index contributed by atoms with van der Waals surface area (Å²) < 4.78 is 40.5. The number of nitro benzene ring substituents is 1. The summed E-state index contributed by atoms with van der Waals surface area (Å²) in [7, 11) is -3.84. The number of benzene rings is 2. The topological polar surface area (TPSA) is 89.3 Å². The molecule has 9 heteroatoms. The number of nitro groups is 1. The molecular weight excluding hydrogens is 367 g/mol. The minimum Gasteiger partial charge on any atom is -0.258 e. The summed E-state index contributed by atoms with van der Waals surface area (Å²) >= 11 is 1.39. The maximum Gasteiger partial charge on any atom is 0.270 e. The number of aryl methyl sites for hydroxylation is 1. The van der Waals surface area contributed by atoms with Crippen LogP contribution in [-0.2, 0) is 15.8 Å². The van der Waals surface area contributed by atoms with Gasteiger partial charge in [-0.25, -0.2) is 17.5 Å². The average molecular weight is 384 g/mol. The maximum atomic E-state index is 13.5. The number of hydrogen-bond acceptors (Lipinski definition) is 5. The second kappa shape index (κ2) is 8.41. The van der Waals surface area contributed by atoms with Crippen LogP contribution >= 0.6 is 11.8 Å². The second-order valence-electron chi connectivity index (χ2n) is 5.25. The zero-order valence-corrected chi connectivity index (χ0v) is 15.1. The molecule has 25 heavy (non-hydrogen) atoms. The van der Waals surface area contributed by atoms with Crippen LogP contribution in [0.4, 0.5) is 10.1 Å². The molecule has 0 fully saturated rings. The molecule has 0 aliphatic rings. The lowest BCUT2D eigenvalue weighted by atomic mass is 10.2. The highest BCUT2D eigenvalue weighted by Crippen LogP contribution is 2.21. The van der Waals surface area contributed by atoms with Crippen molar-refractivity contribution < 1.29 is 17.7 Å². The number of thioether (sulfide) groups is 1. The normalized spacial score (nSPS) is 11.4. The number of sulfonamides is 1. The van der Waals surface area contributed by atoms with Crippen LogP contribution < -0.4 is 4.72 Å². The summed E-state index contributed by atoms with van der Waals surface area (Å²) in [6, 6.07) is 10.1. The van der Waals surface area contributed by atoms with Gasteiger partial charge in [0.05, 0.1) is 9.82 Å². The van der Waals surface area contributed by atoms with Crippen LogP contribution in [0, 0.1) is 22.9 Å². The van der Waals surface area contributed by atoms with Crippen molar-refractivity contribution in [1.29, 1.82) is 0 Å². The van der Waals surface area contributed by atoms with E-state index in [4.69, 9.17) is 0 Å². The molecule has 0 radical (unpaired) electrons. The largest absolute Gasteiger partial charge is 0.270 e. The summed E-state index contributed by atoms with van der Waals surface area (Å²) in [5.41, 5.74) is 0.710. The van der Waals surface area contributed by atoms with Gasteiger partial charge in [-0.15, -0.1) is 0 Å². The van der Waals surface area contributed by atoms with Crippen molar-refractivity contribution in [2.24, 2.45) is 0 Å². The molecule has 0 spiro atoms. The fourth-order valence-corrected chi connectivity index (χ4v) is 4.38. The van der Waals surface area contributed by atoms with Gasteiger partial charge in [-0.3, -0.25) is 10.1 Å². The standard InChI is InChI=1S/C16H17FN2O4S2/c1-12-6-7-14(19(20)21)10-16(12)25(22,23)18-8-9-24-11-13-4-2-3-5-15(13)17/h2-7,10,18H,8-9,11H2,1H3. The van der Waals surface area contributed by atoms with Gasteiger partial charge in [0, 0.05) is 30.2 Å². The maximum absolute atomic E-state index is 13.5. The van der Waals surface area contributed by atoms with Gasteiger partial charge in [0.2, 0.25) is 10.0 Å². The van der Waals surface area contributed by atoms with Gasteiger partial charge >= 0.3 is 0 Å². The molecule has 0 saturated carbocycles. The van der Waals surface area contributed by atoms with Gasteiger partial charge in [-0.1, -0.05) is 24.3 Å². The molecule has 0 bridgehead atoms. The molecule has 0 aliphatic heterocycles. The van der Waals surface area contributed by atoms with Crippen LogP contribution in [0.15, 0.2) is 47.4 Å². The smallest absolute Gasteiger partial charge is 0.258 e. The predicted octanol–water partition coefficient (Wildman–Crippen LogP) is 3.25. The highest BCUT2D eigenvalue weighted by molar-refractivity contribution is 7.98. The number of hydrogen-bond donors (Lipinski definition) is 1. The molecule has 0 aromatic heterocycles. The van der Waals surface area contributed by atoms with E-state index in [1.54, 1.807) is 25.1 Å². The van der Waals surface area contributed by atoms with Crippen molar-refractivity contribution in [1.82, 2.24) is 4.72 Å². The number of rotatable bonds is 8. The van der Waals surface area contributed by atoms with E-state index in [2.05, 4.69) is 4.72 Å². The van der Waals surface area contributed by atoms with Gasteiger partial charge in [-0.05, 0) is 24.1 Å². The molecular formula is C16H17FN2O4S2. The fraction of sp³-hybridized carbons (Fsp3) is 0.250. The molecule has 1 N–H and O–H groups in total. The molecule has 0 amide bonds. The monoisotopic (exact) mass is 384 g/mol. The third-order valence-electron chi connectivity index (χ3n) is 3.43. The van der Waals surface area contributed by atoms with E-state index < -0.39 is 14.9 Å². The third-order valence-corrected chi connectivity index (χ3v) is 6.04. The Hall–Kier alpha value is -1.97. The predicted molar refractivity (Wildman–Crippen MR) is 95.6 cm³/mol. The molecule has 2 rings (SSSR count). The zero-order valence-electron chi connectivity index (χ0n) is 13.4. The first-order valence-electron chi connectivity index (χ1n) is 7.37. The molecule has 2 aromatic rings. The molecule has 2 aromatic carbocycles. The van der Waals surface area contributed by atoms with Crippen LogP contribution in [0.25, 0.3) is 0 Å². The Bertz CT molecular complexity index is 872. The Morgan fingerprint density at radius 1 is 1.24 bits per heavy atom. The Morgan fingerprint density at radius 2 is 1.96 bits per heavy atom. The van der Waals surface area contributed by atoms with Crippen molar-refractivity contribution in [2.45, 2.75) is 17.6 Å². The lowest BCUT2D eigenvalue weighted by molar-refractivity contribution is -0.385. The summed E-state index contributed by atoms with van der Waals surface area (Å²) in [5, 5.41) is 10.8. The number of non-ortho nitro benzene ring substituents is 1. The number of nitrogens with one attached hydrogen (secondary N) is 1. The minimum atomic E-state index is -3.84. The van der Waals surface area contributed by atoms with Gasteiger partial charge in [0.25, 0.3) is 5.69 Å². The highest BCUT2D eigenvalue weighted by Gasteiger charge is 2.20. The van der Waals surface area contributed by atoms with Gasteiger partial charge < -0.3 is 0 Å². The molecule has 0 saturated heterocycles. The third kappa shape index (κ3) is 5.25. The summed E-state index contributed by atoms with van der Waals surface area (Å²) in [4.78, 5) is 10.1. The van der Waals surface area contributed by atoms with E-state index in [9.17, 15) is 22.9 Å². The van der Waals surface area contributed by atoms with Crippen molar-refractivity contribution in [3.63, 3.8) is 0 Å². The van der Waals surface area contributed by atoms with Gasteiger partial charge in [0.1, 0.15) is 5.82 Å². The van der Waals surface area contributed by atoms with Gasteiger partial charge in [-0.2, -0.15) is 11.8 Å². The van der Waals surface area contributed by atoms with E-state index in [0.717, 1.165) is 6.07 Å². The van der Waals surface area contributed by atoms with E-state index in [0.29, 0.717) is 22.6 Å². The molecule has 0 heterocycles. The molecule has 6 nitrogen and oxygen atoms in total.